The molecule has 2 heterocycles. The molecule has 3 unspecified atom stereocenters. The van der Waals surface area contributed by atoms with E-state index >= 15 is 0 Å². The molecular weight excluding hydrogens is 166 g/mol. The van der Waals surface area contributed by atoms with Crippen LogP contribution in [0.5, 0.6) is 0 Å². The van der Waals surface area contributed by atoms with Crippen LogP contribution in [0.15, 0.2) is 0 Å². The quantitative estimate of drug-likeness (QED) is 0.647. The van der Waals surface area contributed by atoms with Crippen LogP contribution in [0.1, 0.15) is 26.7 Å². The first-order valence-corrected chi connectivity index (χ1v) is 5.07. The lowest BCUT2D eigenvalue weighted by Crippen LogP contribution is -2.68. The van der Waals surface area contributed by atoms with Crippen LogP contribution < -0.4 is 5.32 Å². The number of nitrogens with one attached hydrogen (secondary N) is 1. The Hall–Kier alpha value is -0.570. The van der Waals surface area contributed by atoms with Gasteiger partial charge >= 0.3 is 0 Å². The zero-order valence-corrected chi connectivity index (χ0v) is 8.30. The lowest BCUT2D eigenvalue weighted by molar-refractivity contribution is -0.147. The van der Waals surface area contributed by atoms with Crippen molar-refractivity contribution >= 4 is 5.91 Å². The molecule has 0 aromatic carbocycles. The molecule has 2 rings (SSSR count). The van der Waals surface area contributed by atoms with Gasteiger partial charge in [-0.05, 0) is 19.8 Å². The molecule has 2 fully saturated rings. The van der Waals surface area contributed by atoms with Gasteiger partial charge in [-0.2, -0.15) is 0 Å². The summed E-state index contributed by atoms with van der Waals surface area (Å²) < 4.78 is 5.34. The van der Waals surface area contributed by atoms with Crippen LogP contribution in [0.3, 0.4) is 0 Å². The smallest absolute Gasteiger partial charge is 0.228 e. The van der Waals surface area contributed by atoms with E-state index in [2.05, 4.69) is 19.2 Å². The molecule has 1 N–H and O–H groups in total. The van der Waals surface area contributed by atoms with Crippen LogP contribution in [0.4, 0.5) is 0 Å². The third-order valence-corrected chi connectivity index (χ3v) is 3.66. The summed E-state index contributed by atoms with van der Waals surface area (Å²) in [6.45, 7) is 5.83. The fraction of sp³-hybridized carbons (Fsp3) is 0.900. The Bertz CT molecular complexity index is 223. The Balaban J connectivity index is 2.05. The lowest BCUT2D eigenvalue weighted by atomic mass is 9.67. The molecule has 13 heavy (non-hydrogen) atoms. The number of hydrogen-bond acceptors (Lipinski definition) is 2. The summed E-state index contributed by atoms with van der Waals surface area (Å²) in [6, 6.07) is 0.354. The maximum atomic E-state index is 11.4. The van der Waals surface area contributed by atoms with E-state index < -0.39 is 0 Å². The van der Waals surface area contributed by atoms with Crippen molar-refractivity contribution in [2.24, 2.45) is 11.3 Å². The molecule has 0 aliphatic carbocycles. The van der Waals surface area contributed by atoms with Crippen molar-refractivity contribution in [3.8, 4) is 0 Å². The van der Waals surface area contributed by atoms with Gasteiger partial charge in [-0.25, -0.2) is 0 Å². The minimum Gasteiger partial charge on any atom is -0.381 e. The molecule has 0 aromatic heterocycles. The first kappa shape index (κ1) is 9.00. The summed E-state index contributed by atoms with van der Waals surface area (Å²) in [4.78, 5) is 11.4. The van der Waals surface area contributed by atoms with Gasteiger partial charge in [0.2, 0.25) is 5.91 Å². The van der Waals surface area contributed by atoms with E-state index in [0.717, 1.165) is 26.1 Å². The second-order valence-corrected chi connectivity index (χ2v) is 4.35. The molecule has 3 nitrogen and oxygen atoms in total. The largest absolute Gasteiger partial charge is 0.381 e. The van der Waals surface area contributed by atoms with E-state index in [1.54, 1.807) is 0 Å². The van der Waals surface area contributed by atoms with Gasteiger partial charge in [-0.15, -0.1) is 0 Å². The van der Waals surface area contributed by atoms with Crippen LogP contribution in [0, 0.1) is 11.3 Å². The van der Waals surface area contributed by atoms with Gasteiger partial charge in [0.1, 0.15) is 0 Å². The fourth-order valence-corrected chi connectivity index (χ4v) is 2.36. The van der Waals surface area contributed by atoms with E-state index in [9.17, 15) is 4.79 Å². The number of hydrogen-bond donors (Lipinski definition) is 1. The molecular formula is C10H17NO2. The molecule has 2 saturated heterocycles. The Labute approximate surface area is 78.8 Å². The summed E-state index contributed by atoms with van der Waals surface area (Å²) in [7, 11) is 0. The molecule has 0 aromatic rings. The highest BCUT2D eigenvalue weighted by atomic mass is 16.5. The highest BCUT2D eigenvalue weighted by Crippen LogP contribution is 2.40. The van der Waals surface area contributed by atoms with E-state index in [1.807, 2.05) is 0 Å². The molecule has 0 bridgehead atoms. The second-order valence-electron chi connectivity index (χ2n) is 4.35. The average molecular weight is 183 g/mol. The summed E-state index contributed by atoms with van der Waals surface area (Å²) in [5, 5.41) is 3.01. The molecule has 0 radical (unpaired) electrons. The van der Waals surface area contributed by atoms with E-state index in [4.69, 9.17) is 4.74 Å². The zero-order valence-electron chi connectivity index (χ0n) is 8.30. The second kappa shape index (κ2) is 2.98. The third kappa shape index (κ3) is 1.17. The monoisotopic (exact) mass is 183 g/mol. The van der Waals surface area contributed by atoms with Gasteiger partial charge in [0, 0.05) is 18.6 Å². The lowest BCUT2D eigenvalue weighted by Gasteiger charge is -2.48. The first-order valence-electron chi connectivity index (χ1n) is 5.07. The zero-order chi connectivity index (χ0) is 9.47. The Morgan fingerprint density at radius 1 is 1.69 bits per heavy atom. The topological polar surface area (TPSA) is 38.3 Å². The van der Waals surface area contributed by atoms with Crippen LogP contribution in [0.25, 0.3) is 0 Å². The third-order valence-electron chi connectivity index (χ3n) is 3.66. The minimum atomic E-state index is -0.127. The van der Waals surface area contributed by atoms with Crippen LogP contribution >= 0.6 is 0 Å². The van der Waals surface area contributed by atoms with Crippen molar-refractivity contribution in [2.75, 3.05) is 13.2 Å². The van der Waals surface area contributed by atoms with Gasteiger partial charge in [0.15, 0.2) is 0 Å². The number of ether oxygens (including phenoxy) is 1. The summed E-state index contributed by atoms with van der Waals surface area (Å²) in [6.07, 6.45) is 2.03. The molecule has 1 amide bonds. The number of carbonyl (C=O) groups excluding carboxylic acids is 1. The van der Waals surface area contributed by atoms with Crippen molar-refractivity contribution < 1.29 is 9.53 Å². The molecule has 0 saturated carbocycles. The van der Waals surface area contributed by atoms with Crippen LogP contribution in [-0.4, -0.2) is 25.2 Å². The van der Waals surface area contributed by atoms with E-state index in [1.165, 1.54) is 0 Å². The van der Waals surface area contributed by atoms with Crippen molar-refractivity contribution in [2.45, 2.75) is 32.7 Å². The molecule has 2 aliphatic heterocycles. The van der Waals surface area contributed by atoms with Crippen molar-refractivity contribution in [3.05, 3.63) is 0 Å². The predicted octanol–water partition coefficient (Wildman–Crippen LogP) is 0.938. The summed E-state index contributed by atoms with van der Waals surface area (Å²) in [5.41, 5.74) is -0.127. The Morgan fingerprint density at radius 2 is 2.46 bits per heavy atom. The van der Waals surface area contributed by atoms with Gasteiger partial charge in [-0.3, -0.25) is 4.79 Å². The van der Waals surface area contributed by atoms with Crippen molar-refractivity contribution in [3.63, 3.8) is 0 Å². The van der Waals surface area contributed by atoms with Crippen LogP contribution in [-0.2, 0) is 9.53 Å². The average Bonchev–Trinajstić information content (AvgIpc) is 2.65. The molecule has 0 spiro atoms. The highest BCUT2D eigenvalue weighted by Gasteiger charge is 2.53. The molecule has 3 atom stereocenters. The Kier molecular flexibility index (Phi) is 2.06. The first-order chi connectivity index (χ1) is 6.18. The summed E-state index contributed by atoms with van der Waals surface area (Å²) >= 11 is 0. The number of β-lactam (4-membered cyclic amide) rings is 1. The van der Waals surface area contributed by atoms with Crippen LogP contribution in [0.2, 0.25) is 0 Å². The van der Waals surface area contributed by atoms with Gasteiger partial charge in [0.25, 0.3) is 0 Å². The van der Waals surface area contributed by atoms with E-state index in [0.29, 0.717) is 12.0 Å². The van der Waals surface area contributed by atoms with Crippen molar-refractivity contribution in [1.82, 2.24) is 5.32 Å². The number of amides is 1. The molecule has 2 aliphatic rings. The standard InChI is InChI=1S/C10H17NO2/c1-3-10(2)8(11-9(10)12)7-4-5-13-6-7/h7-8H,3-6H2,1-2H3,(H,11,12). The normalized spacial score (nSPS) is 44.3. The minimum absolute atomic E-state index is 0.127. The van der Waals surface area contributed by atoms with Gasteiger partial charge < -0.3 is 10.1 Å². The summed E-state index contributed by atoms with van der Waals surface area (Å²) in [5.74, 6) is 0.759. The fourth-order valence-electron chi connectivity index (χ4n) is 2.36. The maximum absolute atomic E-state index is 11.4. The van der Waals surface area contributed by atoms with Gasteiger partial charge in [-0.1, -0.05) is 6.92 Å². The van der Waals surface area contributed by atoms with Crippen molar-refractivity contribution in [1.29, 1.82) is 0 Å². The number of rotatable bonds is 2. The maximum Gasteiger partial charge on any atom is 0.228 e. The predicted molar refractivity (Wildman–Crippen MR) is 49.3 cm³/mol. The Morgan fingerprint density at radius 3 is 2.92 bits per heavy atom. The van der Waals surface area contributed by atoms with E-state index in [-0.39, 0.29) is 11.3 Å². The van der Waals surface area contributed by atoms with Gasteiger partial charge in [0.05, 0.1) is 12.0 Å². The molecule has 3 heteroatoms. The highest BCUT2D eigenvalue weighted by molar-refractivity contribution is 5.89. The SMILES string of the molecule is CCC1(C)C(=O)NC1C1CCOC1. The number of carbonyl (C=O) groups is 1. The molecule has 74 valence electrons.